The first-order valence-electron chi connectivity index (χ1n) is 6.85. The molecule has 0 unspecified atom stereocenters. The van der Waals surface area contributed by atoms with Gasteiger partial charge >= 0.3 is 10.1 Å². The summed E-state index contributed by atoms with van der Waals surface area (Å²) in [6, 6.07) is 15.8. The number of carbonyl (C=O) groups excluding carboxylic acids is 1. The quantitative estimate of drug-likeness (QED) is 0.487. The Morgan fingerprint density at radius 2 is 1.75 bits per heavy atom. The van der Waals surface area contributed by atoms with Crippen molar-refractivity contribution in [3.63, 3.8) is 0 Å². The second-order valence-corrected chi connectivity index (χ2v) is 7.96. The Kier molecular flexibility index (Phi) is 4.71. The molecule has 0 aliphatic heterocycles. The molecule has 24 heavy (non-hydrogen) atoms. The summed E-state index contributed by atoms with van der Waals surface area (Å²) in [5, 5.41) is 1.95. The maximum atomic E-state index is 12.7. The van der Waals surface area contributed by atoms with Gasteiger partial charge in [0, 0.05) is 10.6 Å². The van der Waals surface area contributed by atoms with Crippen LogP contribution in [0.5, 0.6) is 5.75 Å². The fourth-order valence-electron chi connectivity index (χ4n) is 2.06. The SMILES string of the molecule is O=C(c1ccccc1)c1cc(Cl)ccc1OS(=O)(=O)c1cccs1. The van der Waals surface area contributed by atoms with Crippen molar-refractivity contribution in [2.24, 2.45) is 0 Å². The van der Waals surface area contributed by atoms with Gasteiger partial charge in [-0.05, 0) is 29.6 Å². The van der Waals surface area contributed by atoms with Gasteiger partial charge in [0.05, 0.1) is 5.56 Å². The number of halogens is 1. The van der Waals surface area contributed by atoms with E-state index in [0.29, 0.717) is 10.6 Å². The van der Waals surface area contributed by atoms with Crippen molar-refractivity contribution in [3.8, 4) is 5.75 Å². The number of ketones is 1. The lowest BCUT2D eigenvalue weighted by atomic mass is 10.0. The average molecular weight is 379 g/mol. The van der Waals surface area contributed by atoms with Gasteiger partial charge < -0.3 is 4.18 Å². The van der Waals surface area contributed by atoms with Crippen LogP contribution in [0.1, 0.15) is 15.9 Å². The van der Waals surface area contributed by atoms with Crippen LogP contribution in [0.15, 0.2) is 70.3 Å². The van der Waals surface area contributed by atoms with Crippen molar-refractivity contribution in [2.75, 3.05) is 0 Å². The molecule has 7 heteroatoms. The molecule has 1 aromatic heterocycles. The highest BCUT2D eigenvalue weighted by atomic mass is 35.5. The van der Waals surface area contributed by atoms with Gasteiger partial charge in [-0.2, -0.15) is 8.42 Å². The van der Waals surface area contributed by atoms with Crippen LogP contribution in [-0.4, -0.2) is 14.2 Å². The summed E-state index contributed by atoms with van der Waals surface area (Å²) in [4.78, 5) is 12.7. The maximum absolute atomic E-state index is 12.7. The fourth-order valence-corrected chi connectivity index (χ4v) is 4.13. The van der Waals surface area contributed by atoms with E-state index in [9.17, 15) is 13.2 Å². The van der Waals surface area contributed by atoms with E-state index in [1.54, 1.807) is 41.8 Å². The molecular weight excluding hydrogens is 368 g/mol. The molecule has 0 saturated carbocycles. The van der Waals surface area contributed by atoms with Crippen LogP contribution in [0.3, 0.4) is 0 Å². The molecule has 3 rings (SSSR count). The molecule has 3 aromatic rings. The molecule has 0 spiro atoms. The van der Waals surface area contributed by atoms with Gasteiger partial charge in [0.15, 0.2) is 15.7 Å². The standard InChI is InChI=1S/C17H11ClO4S2/c18-13-8-9-15(22-24(20,21)16-7-4-10-23-16)14(11-13)17(19)12-5-2-1-3-6-12/h1-11H. The van der Waals surface area contributed by atoms with Crippen LogP contribution < -0.4 is 4.18 Å². The lowest BCUT2D eigenvalue weighted by Gasteiger charge is -2.10. The summed E-state index contributed by atoms with van der Waals surface area (Å²) < 4.78 is 29.8. The van der Waals surface area contributed by atoms with Gasteiger partial charge in [0.25, 0.3) is 0 Å². The van der Waals surface area contributed by atoms with Gasteiger partial charge in [-0.25, -0.2) is 0 Å². The number of hydrogen-bond donors (Lipinski definition) is 0. The molecule has 0 aliphatic carbocycles. The summed E-state index contributed by atoms with van der Waals surface area (Å²) in [5.41, 5.74) is 0.506. The Labute approximate surface area is 148 Å². The number of hydrogen-bond acceptors (Lipinski definition) is 5. The van der Waals surface area contributed by atoms with E-state index in [4.69, 9.17) is 15.8 Å². The monoisotopic (exact) mass is 378 g/mol. The van der Waals surface area contributed by atoms with E-state index in [1.165, 1.54) is 24.3 Å². The van der Waals surface area contributed by atoms with Crippen molar-refractivity contribution in [1.29, 1.82) is 0 Å². The summed E-state index contributed by atoms with van der Waals surface area (Å²) in [6.07, 6.45) is 0. The van der Waals surface area contributed by atoms with Crippen LogP contribution in [0.2, 0.25) is 5.02 Å². The topological polar surface area (TPSA) is 60.4 Å². The highest BCUT2D eigenvalue weighted by molar-refractivity contribution is 7.89. The van der Waals surface area contributed by atoms with Crippen LogP contribution in [0.4, 0.5) is 0 Å². The largest absolute Gasteiger partial charge is 0.378 e. The number of rotatable bonds is 5. The van der Waals surface area contributed by atoms with Gasteiger partial charge in [0.2, 0.25) is 0 Å². The molecule has 4 nitrogen and oxygen atoms in total. The minimum absolute atomic E-state index is 0.0540. The van der Waals surface area contributed by atoms with Gasteiger partial charge in [0.1, 0.15) is 0 Å². The van der Waals surface area contributed by atoms with Crippen LogP contribution in [0, 0.1) is 0 Å². The normalized spacial score (nSPS) is 11.2. The van der Waals surface area contributed by atoms with Gasteiger partial charge in [-0.3, -0.25) is 4.79 Å². The van der Waals surface area contributed by atoms with E-state index < -0.39 is 10.1 Å². The minimum Gasteiger partial charge on any atom is -0.378 e. The molecule has 0 atom stereocenters. The van der Waals surface area contributed by atoms with Crippen LogP contribution in [0.25, 0.3) is 0 Å². The number of thiophene rings is 1. The lowest BCUT2D eigenvalue weighted by molar-refractivity contribution is 0.103. The molecule has 0 amide bonds. The molecule has 0 bridgehead atoms. The lowest BCUT2D eigenvalue weighted by Crippen LogP contribution is -2.12. The molecule has 0 saturated heterocycles. The van der Waals surface area contributed by atoms with Crippen LogP contribution in [-0.2, 0) is 10.1 Å². The minimum atomic E-state index is -4.00. The number of carbonyl (C=O) groups is 1. The zero-order valence-corrected chi connectivity index (χ0v) is 14.6. The molecule has 0 radical (unpaired) electrons. The smallest absolute Gasteiger partial charge is 0.348 e. The molecule has 0 N–H and O–H groups in total. The first-order valence-corrected chi connectivity index (χ1v) is 9.51. The van der Waals surface area contributed by atoms with E-state index in [-0.39, 0.29) is 21.3 Å². The van der Waals surface area contributed by atoms with Crippen molar-refractivity contribution < 1.29 is 17.4 Å². The predicted octanol–water partition coefficient (Wildman–Crippen LogP) is 4.40. The van der Waals surface area contributed by atoms with E-state index in [0.717, 1.165) is 11.3 Å². The van der Waals surface area contributed by atoms with E-state index in [2.05, 4.69) is 0 Å². The third-order valence-corrected chi connectivity index (χ3v) is 5.99. The zero-order chi connectivity index (χ0) is 17.2. The van der Waals surface area contributed by atoms with Crippen molar-refractivity contribution in [1.82, 2.24) is 0 Å². The highest BCUT2D eigenvalue weighted by Gasteiger charge is 2.22. The van der Waals surface area contributed by atoms with Gasteiger partial charge in [-0.1, -0.05) is 48.0 Å². The molecular formula is C17H11ClO4S2. The Bertz CT molecular complexity index is 965. The zero-order valence-electron chi connectivity index (χ0n) is 12.2. The molecule has 2 aromatic carbocycles. The summed E-state index contributed by atoms with van der Waals surface area (Å²) in [7, 11) is -4.00. The van der Waals surface area contributed by atoms with E-state index in [1.807, 2.05) is 0 Å². The highest BCUT2D eigenvalue weighted by Crippen LogP contribution is 2.29. The Morgan fingerprint density at radius 1 is 1.00 bits per heavy atom. The second-order valence-electron chi connectivity index (χ2n) is 4.81. The first kappa shape index (κ1) is 16.7. The number of benzene rings is 2. The maximum Gasteiger partial charge on any atom is 0.348 e. The van der Waals surface area contributed by atoms with Crippen molar-refractivity contribution in [3.05, 3.63) is 82.2 Å². The third kappa shape index (κ3) is 3.51. The predicted molar refractivity (Wildman–Crippen MR) is 93.5 cm³/mol. The Hall–Kier alpha value is -2.15. The fraction of sp³-hybridized carbons (Fsp3) is 0. The first-order chi connectivity index (χ1) is 11.5. The molecule has 1 heterocycles. The van der Waals surface area contributed by atoms with Gasteiger partial charge in [-0.15, -0.1) is 11.3 Å². The Morgan fingerprint density at radius 3 is 2.42 bits per heavy atom. The summed E-state index contributed by atoms with van der Waals surface area (Å²) in [5.74, 6) is -0.420. The van der Waals surface area contributed by atoms with Crippen LogP contribution >= 0.6 is 22.9 Å². The average Bonchev–Trinajstić information content (AvgIpc) is 3.12. The molecule has 0 aliphatic rings. The third-order valence-electron chi connectivity index (χ3n) is 3.16. The Balaban J connectivity index is 2.02. The molecule has 0 fully saturated rings. The summed E-state index contributed by atoms with van der Waals surface area (Å²) in [6.45, 7) is 0. The van der Waals surface area contributed by atoms with Crippen molar-refractivity contribution in [2.45, 2.75) is 4.21 Å². The van der Waals surface area contributed by atoms with Crippen molar-refractivity contribution >= 4 is 38.8 Å². The van der Waals surface area contributed by atoms with E-state index >= 15 is 0 Å². The second kappa shape index (κ2) is 6.76. The summed E-state index contributed by atoms with van der Waals surface area (Å²) >= 11 is 7.00. The molecule has 122 valence electrons.